The molecule has 0 aliphatic carbocycles. The van der Waals surface area contributed by atoms with Crippen LogP contribution in [0.1, 0.15) is 19.9 Å². The van der Waals surface area contributed by atoms with Crippen LogP contribution in [0.15, 0.2) is 28.9 Å². The minimum absolute atomic E-state index is 0.103. The standard InChI is InChI=1S/C19H23N7O2/c1-12(2)26-16-8-13(4-5-14(16)9-20-26)17-21-18(28-22-17)24-6-7-25-15(11-24)10-23(3)19(25)27/h4-5,8-9,12,15H,6-7,10-11H2,1-3H3. The van der Waals surface area contributed by atoms with E-state index in [1.54, 1.807) is 4.90 Å². The summed E-state index contributed by atoms with van der Waals surface area (Å²) in [5.41, 5.74) is 1.96. The first-order valence-corrected chi connectivity index (χ1v) is 9.59. The van der Waals surface area contributed by atoms with E-state index in [-0.39, 0.29) is 18.1 Å². The molecule has 0 saturated carbocycles. The molecular formula is C19H23N7O2. The molecule has 9 nitrogen and oxygen atoms in total. The fourth-order valence-electron chi connectivity index (χ4n) is 4.10. The molecule has 5 rings (SSSR count). The summed E-state index contributed by atoms with van der Waals surface area (Å²) in [5, 5.41) is 9.74. The maximum atomic E-state index is 12.1. The number of aromatic nitrogens is 4. The highest BCUT2D eigenvalue weighted by Gasteiger charge is 2.40. The average molecular weight is 381 g/mol. The summed E-state index contributed by atoms with van der Waals surface area (Å²) in [5.74, 6) is 0.565. The summed E-state index contributed by atoms with van der Waals surface area (Å²) in [6.07, 6.45) is 1.88. The lowest BCUT2D eigenvalue weighted by Crippen LogP contribution is -2.52. The van der Waals surface area contributed by atoms with Crippen molar-refractivity contribution >= 4 is 22.9 Å². The van der Waals surface area contributed by atoms with Gasteiger partial charge in [0.2, 0.25) is 5.82 Å². The lowest BCUT2D eigenvalue weighted by Gasteiger charge is -2.35. The van der Waals surface area contributed by atoms with Crippen molar-refractivity contribution in [2.24, 2.45) is 0 Å². The smallest absolute Gasteiger partial charge is 0.324 e. The Morgan fingerprint density at radius 3 is 2.89 bits per heavy atom. The SMILES string of the molecule is CC(C)n1ncc2ccc(-c3noc(N4CCN5C(=O)N(C)CC5C4)n3)cc21. The van der Waals surface area contributed by atoms with E-state index in [2.05, 4.69) is 40.1 Å². The molecule has 2 amide bonds. The van der Waals surface area contributed by atoms with Crippen LogP contribution in [-0.2, 0) is 0 Å². The Morgan fingerprint density at radius 2 is 2.07 bits per heavy atom. The Bertz CT molecular complexity index is 1040. The van der Waals surface area contributed by atoms with Crippen molar-refractivity contribution in [1.82, 2.24) is 29.7 Å². The molecule has 4 heterocycles. The molecule has 1 unspecified atom stereocenters. The first-order chi connectivity index (χ1) is 13.5. The molecule has 2 aliphatic rings. The van der Waals surface area contributed by atoms with Gasteiger partial charge in [-0.1, -0.05) is 17.3 Å². The molecule has 0 N–H and O–H groups in total. The second kappa shape index (κ2) is 6.22. The summed E-state index contributed by atoms with van der Waals surface area (Å²) in [6.45, 7) is 7.01. The van der Waals surface area contributed by atoms with Crippen molar-refractivity contribution in [2.75, 3.05) is 38.1 Å². The predicted molar refractivity (Wildman–Crippen MR) is 104 cm³/mol. The number of fused-ring (bicyclic) bond motifs is 2. The molecule has 1 aromatic carbocycles. The lowest BCUT2D eigenvalue weighted by atomic mass is 10.1. The Balaban J connectivity index is 1.40. The van der Waals surface area contributed by atoms with E-state index in [0.717, 1.165) is 23.0 Å². The minimum Gasteiger partial charge on any atom is -0.326 e. The van der Waals surface area contributed by atoms with E-state index in [0.29, 0.717) is 31.5 Å². The largest absolute Gasteiger partial charge is 0.326 e. The molecule has 2 saturated heterocycles. The molecule has 1 atom stereocenters. The molecule has 0 bridgehead atoms. The van der Waals surface area contributed by atoms with Gasteiger partial charge in [0, 0.05) is 50.2 Å². The fraction of sp³-hybridized carbons (Fsp3) is 0.474. The third-order valence-electron chi connectivity index (χ3n) is 5.57. The predicted octanol–water partition coefficient (Wildman–Crippen LogP) is 2.22. The third-order valence-corrected chi connectivity index (χ3v) is 5.57. The van der Waals surface area contributed by atoms with E-state index >= 15 is 0 Å². The maximum Gasteiger partial charge on any atom is 0.324 e. The van der Waals surface area contributed by atoms with E-state index < -0.39 is 0 Å². The number of carbonyl (C=O) groups is 1. The zero-order valence-corrected chi connectivity index (χ0v) is 16.2. The van der Waals surface area contributed by atoms with Crippen LogP contribution in [0.5, 0.6) is 0 Å². The normalized spacial score (nSPS) is 19.9. The second-order valence-corrected chi connectivity index (χ2v) is 7.81. The van der Waals surface area contributed by atoms with Gasteiger partial charge < -0.3 is 19.2 Å². The molecule has 2 fully saturated rings. The van der Waals surface area contributed by atoms with Gasteiger partial charge in [0.05, 0.1) is 17.8 Å². The van der Waals surface area contributed by atoms with Crippen molar-refractivity contribution in [1.29, 1.82) is 0 Å². The van der Waals surface area contributed by atoms with Crippen molar-refractivity contribution in [3.8, 4) is 11.4 Å². The minimum atomic E-state index is 0.103. The van der Waals surface area contributed by atoms with Crippen LogP contribution < -0.4 is 4.90 Å². The Hall–Kier alpha value is -3.10. The van der Waals surface area contributed by atoms with E-state index in [1.807, 2.05) is 35.0 Å². The van der Waals surface area contributed by atoms with Crippen molar-refractivity contribution in [3.05, 3.63) is 24.4 Å². The highest BCUT2D eigenvalue weighted by molar-refractivity contribution is 5.83. The van der Waals surface area contributed by atoms with Gasteiger partial charge in [0.25, 0.3) is 0 Å². The van der Waals surface area contributed by atoms with Crippen molar-refractivity contribution in [2.45, 2.75) is 25.9 Å². The van der Waals surface area contributed by atoms with E-state index in [4.69, 9.17) is 4.52 Å². The summed E-state index contributed by atoms with van der Waals surface area (Å²) < 4.78 is 7.55. The summed E-state index contributed by atoms with van der Waals surface area (Å²) >= 11 is 0. The number of amides is 2. The van der Waals surface area contributed by atoms with Crippen LogP contribution in [-0.4, -0.2) is 75.0 Å². The molecule has 9 heteroatoms. The second-order valence-electron chi connectivity index (χ2n) is 7.81. The van der Waals surface area contributed by atoms with Gasteiger partial charge in [-0.25, -0.2) is 4.79 Å². The van der Waals surface area contributed by atoms with Gasteiger partial charge in [-0.3, -0.25) is 4.68 Å². The number of piperazine rings is 1. The van der Waals surface area contributed by atoms with Crippen LogP contribution in [0, 0.1) is 0 Å². The molecule has 3 aromatic rings. The fourth-order valence-corrected chi connectivity index (χ4v) is 4.10. The number of benzene rings is 1. The first kappa shape index (κ1) is 17.0. The van der Waals surface area contributed by atoms with Crippen LogP contribution >= 0.6 is 0 Å². The number of rotatable bonds is 3. The zero-order chi connectivity index (χ0) is 19.4. The van der Waals surface area contributed by atoms with Crippen LogP contribution in [0.25, 0.3) is 22.3 Å². The summed E-state index contributed by atoms with van der Waals surface area (Å²) in [6, 6.07) is 7.13. The molecule has 146 valence electrons. The lowest BCUT2D eigenvalue weighted by molar-refractivity contribution is 0.185. The highest BCUT2D eigenvalue weighted by atomic mass is 16.5. The third kappa shape index (κ3) is 2.61. The topological polar surface area (TPSA) is 83.5 Å². The number of hydrogen-bond donors (Lipinski definition) is 0. The van der Waals surface area contributed by atoms with E-state index in [9.17, 15) is 4.79 Å². The Morgan fingerprint density at radius 1 is 1.21 bits per heavy atom. The number of urea groups is 1. The van der Waals surface area contributed by atoms with Crippen LogP contribution in [0.2, 0.25) is 0 Å². The zero-order valence-electron chi connectivity index (χ0n) is 16.2. The quantitative estimate of drug-likeness (QED) is 0.692. The number of nitrogens with zero attached hydrogens (tertiary/aromatic N) is 7. The highest BCUT2D eigenvalue weighted by Crippen LogP contribution is 2.27. The van der Waals surface area contributed by atoms with Gasteiger partial charge >= 0.3 is 12.0 Å². The summed E-state index contributed by atoms with van der Waals surface area (Å²) in [7, 11) is 1.84. The van der Waals surface area contributed by atoms with Crippen molar-refractivity contribution in [3.63, 3.8) is 0 Å². The Kier molecular flexibility index (Phi) is 3.78. The van der Waals surface area contributed by atoms with E-state index in [1.165, 1.54) is 0 Å². The molecule has 28 heavy (non-hydrogen) atoms. The van der Waals surface area contributed by atoms with Gasteiger partial charge in [0.1, 0.15) is 0 Å². The molecule has 2 aliphatic heterocycles. The summed E-state index contributed by atoms with van der Waals surface area (Å²) in [4.78, 5) is 22.5. The molecular weight excluding hydrogens is 358 g/mol. The number of carbonyl (C=O) groups excluding carboxylic acids is 1. The number of anilines is 1. The van der Waals surface area contributed by atoms with Gasteiger partial charge in [0.15, 0.2) is 0 Å². The monoisotopic (exact) mass is 381 g/mol. The number of hydrogen-bond acceptors (Lipinski definition) is 6. The molecule has 0 spiro atoms. The first-order valence-electron chi connectivity index (χ1n) is 9.59. The van der Waals surface area contributed by atoms with Gasteiger partial charge in [-0.2, -0.15) is 10.1 Å². The van der Waals surface area contributed by atoms with Crippen molar-refractivity contribution < 1.29 is 9.32 Å². The Labute approximate surface area is 162 Å². The van der Waals surface area contributed by atoms with Crippen LogP contribution in [0.4, 0.5) is 10.8 Å². The maximum absolute atomic E-state index is 12.1. The number of likely N-dealkylation sites (N-methyl/N-ethyl adjacent to an activating group) is 1. The van der Waals surface area contributed by atoms with Gasteiger partial charge in [-0.15, -0.1) is 0 Å². The molecule has 2 aromatic heterocycles. The average Bonchev–Trinajstić information content (AvgIpc) is 3.39. The van der Waals surface area contributed by atoms with Gasteiger partial charge in [-0.05, 0) is 19.9 Å². The molecule has 0 radical (unpaired) electrons. The van der Waals surface area contributed by atoms with Crippen LogP contribution in [0.3, 0.4) is 0 Å².